The molecule has 1 N–H and O–H groups in total. The first-order valence-corrected chi connectivity index (χ1v) is 6.83. The topological polar surface area (TPSA) is 98.9 Å². The summed E-state index contributed by atoms with van der Waals surface area (Å²) in [6.45, 7) is 5.22. The second kappa shape index (κ2) is 6.12. The normalized spacial score (nSPS) is 11.1. The Morgan fingerprint density at radius 3 is 2.48 bits per heavy atom. The molecule has 0 radical (unpaired) electrons. The fourth-order valence-corrected chi connectivity index (χ4v) is 1.87. The number of aromatic carboxylic acids is 1. The van der Waals surface area contributed by atoms with E-state index in [1.807, 2.05) is 0 Å². The average Bonchev–Trinajstić information content (AvgIpc) is 2.94. The second-order valence-electron chi connectivity index (χ2n) is 5.80. The molecule has 122 valence electrons. The molecule has 7 heteroatoms. The molecule has 7 nitrogen and oxygen atoms in total. The lowest BCUT2D eigenvalue weighted by Crippen LogP contribution is -2.23. The first-order valence-electron chi connectivity index (χ1n) is 6.83. The molecule has 0 unspecified atom stereocenters. The van der Waals surface area contributed by atoms with Crippen LogP contribution >= 0.6 is 0 Å². The van der Waals surface area contributed by atoms with Crippen molar-refractivity contribution >= 4 is 11.9 Å². The molecule has 0 saturated carbocycles. The molecule has 0 fully saturated rings. The van der Waals surface area contributed by atoms with Gasteiger partial charge in [-0.15, -0.1) is 0 Å². The van der Waals surface area contributed by atoms with Crippen molar-refractivity contribution in [3.63, 3.8) is 0 Å². The number of carboxylic acids is 1. The van der Waals surface area contributed by atoms with E-state index in [1.165, 1.54) is 25.3 Å². The van der Waals surface area contributed by atoms with Crippen LogP contribution in [0.5, 0.6) is 5.75 Å². The number of carboxylic acid groups (broad SMARTS) is 1. The minimum Gasteiger partial charge on any atom is -0.496 e. The van der Waals surface area contributed by atoms with Crippen molar-refractivity contribution in [1.29, 1.82) is 0 Å². The summed E-state index contributed by atoms with van der Waals surface area (Å²) in [4.78, 5) is 23.1. The Hall–Kier alpha value is -2.83. The zero-order valence-electron chi connectivity index (χ0n) is 13.2. The van der Waals surface area contributed by atoms with Crippen molar-refractivity contribution in [2.45, 2.75) is 26.4 Å². The summed E-state index contributed by atoms with van der Waals surface area (Å²) in [5, 5.41) is 13.0. The Bertz CT molecular complexity index is 741. The Kier molecular flexibility index (Phi) is 4.40. The van der Waals surface area contributed by atoms with Gasteiger partial charge in [0.05, 0.1) is 7.11 Å². The van der Waals surface area contributed by atoms with E-state index in [-0.39, 0.29) is 17.1 Å². The number of methoxy groups -OCH3 is 1. The number of benzene rings is 1. The molecule has 0 amide bonds. The lowest BCUT2D eigenvalue weighted by molar-refractivity contribution is 0.00275. The number of aromatic nitrogens is 1. The van der Waals surface area contributed by atoms with Gasteiger partial charge < -0.3 is 19.1 Å². The van der Waals surface area contributed by atoms with Crippen molar-refractivity contribution < 1.29 is 28.7 Å². The third-order valence-electron chi connectivity index (χ3n) is 2.84. The largest absolute Gasteiger partial charge is 0.496 e. The van der Waals surface area contributed by atoms with Gasteiger partial charge in [-0.2, -0.15) is 0 Å². The molecular formula is C16H17NO6. The van der Waals surface area contributed by atoms with Crippen LogP contribution in [0.15, 0.2) is 28.8 Å². The lowest BCUT2D eigenvalue weighted by Gasteiger charge is -2.17. The van der Waals surface area contributed by atoms with Crippen LogP contribution in [0.25, 0.3) is 11.3 Å². The molecule has 0 bridgehead atoms. The highest BCUT2D eigenvalue weighted by Crippen LogP contribution is 2.27. The van der Waals surface area contributed by atoms with Gasteiger partial charge >= 0.3 is 11.9 Å². The van der Waals surface area contributed by atoms with Gasteiger partial charge in [-0.1, -0.05) is 5.16 Å². The van der Waals surface area contributed by atoms with E-state index in [0.717, 1.165) is 0 Å². The van der Waals surface area contributed by atoms with Crippen LogP contribution in [0.4, 0.5) is 0 Å². The van der Waals surface area contributed by atoms with Gasteiger partial charge in [-0.05, 0) is 39.0 Å². The number of hydrogen-bond donors (Lipinski definition) is 1. The van der Waals surface area contributed by atoms with Gasteiger partial charge in [-0.3, -0.25) is 0 Å². The summed E-state index contributed by atoms with van der Waals surface area (Å²) in [6, 6.07) is 5.95. The van der Waals surface area contributed by atoms with Gasteiger partial charge in [0.2, 0.25) is 5.76 Å². The number of rotatable bonds is 4. The van der Waals surface area contributed by atoms with Gasteiger partial charge in [0, 0.05) is 11.6 Å². The lowest BCUT2D eigenvalue weighted by atomic mass is 10.1. The first kappa shape index (κ1) is 16.5. The zero-order chi connectivity index (χ0) is 17.2. The van der Waals surface area contributed by atoms with Crippen LogP contribution in [-0.4, -0.2) is 34.9 Å². The third kappa shape index (κ3) is 3.88. The molecule has 2 rings (SSSR count). The Morgan fingerprint density at radius 2 is 1.91 bits per heavy atom. The van der Waals surface area contributed by atoms with E-state index < -0.39 is 17.5 Å². The van der Waals surface area contributed by atoms with Gasteiger partial charge in [0.1, 0.15) is 22.6 Å². The summed E-state index contributed by atoms with van der Waals surface area (Å²) in [6.07, 6.45) is 0. The minimum absolute atomic E-state index is 0.00758. The summed E-state index contributed by atoms with van der Waals surface area (Å²) in [5.74, 6) is -1.58. The molecule has 1 aromatic heterocycles. The summed E-state index contributed by atoms with van der Waals surface area (Å²) >= 11 is 0. The predicted molar refractivity (Wildman–Crippen MR) is 80.6 cm³/mol. The predicted octanol–water partition coefficient (Wildman–Crippen LogP) is 3.00. The SMILES string of the molecule is COc1ccc(-c2cc(C(=O)OC(C)(C)C)on2)cc1C(=O)O. The molecule has 1 aromatic carbocycles. The van der Waals surface area contributed by atoms with Crippen LogP contribution in [0.3, 0.4) is 0 Å². The Balaban J connectivity index is 2.32. The van der Waals surface area contributed by atoms with E-state index in [0.29, 0.717) is 11.3 Å². The molecule has 0 atom stereocenters. The number of hydrogen-bond acceptors (Lipinski definition) is 6. The van der Waals surface area contributed by atoms with Crippen LogP contribution in [0.1, 0.15) is 41.7 Å². The standard InChI is InChI=1S/C16H17NO6/c1-16(2,3)22-15(20)13-8-11(17-23-13)9-5-6-12(21-4)10(7-9)14(18)19/h5-8H,1-4H3,(H,18,19). The van der Waals surface area contributed by atoms with E-state index in [9.17, 15) is 14.7 Å². The molecule has 0 aliphatic heterocycles. The molecule has 0 aliphatic carbocycles. The van der Waals surface area contributed by atoms with Crippen molar-refractivity contribution in [3.05, 3.63) is 35.6 Å². The minimum atomic E-state index is -1.13. The fraction of sp³-hybridized carbons (Fsp3) is 0.312. The summed E-state index contributed by atoms with van der Waals surface area (Å²) in [5.41, 5.74) is 0.158. The molecule has 0 saturated heterocycles. The summed E-state index contributed by atoms with van der Waals surface area (Å²) in [7, 11) is 1.39. The Morgan fingerprint density at radius 1 is 1.22 bits per heavy atom. The van der Waals surface area contributed by atoms with E-state index >= 15 is 0 Å². The van der Waals surface area contributed by atoms with E-state index in [1.54, 1.807) is 26.8 Å². The number of ether oxygens (including phenoxy) is 2. The number of nitrogens with zero attached hydrogens (tertiary/aromatic N) is 1. The molecule has 2 aromatic rings. The van der Waals surface area contributed by atoms with Crippen molar-refractivity contribution in [2.24, 2.45) is 0 Å². The first-order chi connectivity index (χ1) is 10.7. The highest BCUT2D eigenvalue weighted by molar-refractivity contribution is 5.93. The monoisotopic (exact) mass is 319 g/mol. The third-order valence-corrected chi connectivity index (χ3v) is 2.84. The number of esters is 1. The number of carbonyl (C=O) groups excluding carboxylic acids is 1. The maximum absolute atomic E-state index is 11.9. The molecule has 0 spiro atoms. The van der Waals surface area contributed by atoms with E-state index in [2.05, 4.69) is 5.16 Å². The smallest absolute Gasteiger partial charge is 0.377 e. The van der Waals surface area contributed by atoms with Crippen LogP contribution in [0, 0.1) is 0 Å². The second-order valence-corrected chi connectivity index (χ2v) is 5.80. The molecular weight excluding hydrogens is 302 g/mol. The van der Waals surface area contributed by atoms with E-state index in [4.69, 9.17) is 14.0 Å². The summed E-state index contributed by atoms with van der Waals surface area (Å²) < 4.78 is 15.2. The van der Waals surface area contributed by atoms with Crippen molar-refractivity contribution in [1.82, 2.24) is 5.16 Å². The molecule has 1 heterocycles. The number of carbonyl (C=O) groups is 2. The van der Waals surface area contributed by atoms with Crippen LogP contribution < -0.4 is 4.74 Å². The highest BCUT2D eigenvalue weighted by Gasteiger charge is 2.22. The van der Waals surface area contributed by atoms with Gasteiger partial charge in [0.25, 0.3) is 0 Å². The van der Waals surface area contributed by atoms with Crippen LogP contribution in [0.2, 0.25) is 0 Å². The van der Waals surface area contributed by atoms with Crippen LogP contribution in [-0.2, 0) is 4.74 Å². The zero-order valence-corrected chi connectivity index (χ0v) is 13.2. The maximum Gasteiger partial charge on any atom is 0.377 e. The van der Waals surface area contributed by atoms with Crippen molar-refractivity contribution in [2.75, 3.05) is 7.11 Å². The molecule has 0 aliphatic rings. The van der Waals surface area contributed by atoms with Gasteiger partial charge in [-0.25, -0.2) is 9.59 Å². The average molecular weight is 319 g/mol. The highest BCUT2D eigenvalue weighted by atomic mass is 16.6. The fourth-order valence-electron chi connectivity index (χ4n) is 1.87. The quantitative estimate of drug-likeness (QED) is 0.865. The van der Waals surface area contributed by atoms with Gasteiger partial charge in [0.15, 0.2) is 0 Å². The maximum atomic E-state index is 11.9. The molecule has 23 heavy (non-hydrogen) atoms. The Labute approximate surface area is 132 Å². The van der Waals surface area contributed by atoms with Crippen molar-refractivity contribution in [3.8, 4) is 17.0 Å².